The number of hydrogen-bond acceptors (Lipinski definition) is 3. The molecule has 19 heavy (non-hydrogen) atoms. The van der Waals surface area contributed by atoms with Crippen molar-refractivity contribution in [2.45, 2.75) is 26.4 Å². The highest BCUT2D eigenvalue weighted by Gasteiger charge is 2.06. The van der Waals surface area contributed by atoms with E-state index in [1.54, 1.807) is 23.1 Å². The third kappa shape index (κ3) is 4.11. The molecule has 6 heteroatoms. The van der Waals surface area contributed by atoms with Crippen LogP contribution in [0.2, 0.25) is 0 Å². The third-order valence-corrected chi connectivity index (χ3v) is 3.13. The predicted molar refractivity (Wildman–Crippen MR) is 75.2 cm³/mol. The zero-order chi connectivity index (χ0) is 13.7. The first kappa shape index (κ1) is 14.1. The molecule has 0 fully saturated rings. The summed E-state index contributed by atoms with van der Waals surface area (Å²) in [5.41, 5.74) is 0.590. The quantitative estimate of drug-likeness (QED) is 0.830. The summed E-state index contributed by atoms with van der Waals surface area (Å²) in [6, 6.07) is 4.88. The molecular formula is C13H16BrFN4. The maximum Gasteiger partial charge on any atom is 0.164 e. The first-order valence-corrected chi connectivity index (χ1v) is 7.01. The van der Waals surface area contributed by atoms with Crippen molar-refractivity contribution in [3.05, 3.63) is 46.2 Å². The fourth-order valence-electron chi connectivity index (χ4n) is 1.71. The average Bonchev–Trinajstić information content (AvgIpc) is 2.82. The van der Waals surface area contributed by atoms with Gasteiger partial charge in [0.05, 0.1) is 13.1 Å². The molecule has 0 atom stereocenters. The highest BCUT2D eigenvalue weighted by molar-refractivity contribution is 9.10. The summed E-state index contributed by atoms with van der Waals surface area (Å²) in [6.45, 7) is 4.07. The highest BCUT2D eigenvalue weighted by Crippen LogP contribution is 2.16. The van der Waals surface area contributed by atoms with E-state index < -0.39 is 0 Å². The van der Waals surface area contributed by atoms with Gasteiger partial charge in [-0.15, -0.1) is 0 Å². The molecule has 0 aliphatic carbocycles. The number of nitrogens with zero attached hydrogens (tertiary/aromatic N) is 3. The van der Waals surface area contributed by atoms with E-state index >= 15 is 0 Å². The third-order valence-electron chi connectivity index (χ3n) is 2.63. The average molecular weight is 327 g/mol. The molecular weight excluding hydrogens is 311 g/mol. The molecule has 0 amide bonds. The molecule has 102 valence electrons. The van der Waals surface area contributed by atoms with Crippen LogP contribution in [0.15, 0.2) is 29.0 Å². The molecule has 2 aromatic rings. The van der Waals surface area contributed by atoms with Crippen LogP contribution in [0.25, 0.3) is 0 Å². The lowest BCUT2D eigenvalue weighted by molar-refractivity contribution is 0.578. The van der Waals surface area contributed by atoms with Crippen molar-refractivity contribution < 1.29 is 4.39 Å². The topological polar surface area (TPSA) is 42.7 Å². The Hall–Kier alpha value is -1.27. The minimum absolute atomic E-state index is 0.232. The molecule has 4 nitrogen and oxygen atoms in total. The van der Waals surface area contributed by atoms with Crippen molar-refractivity contribution in [1.29, 1.82) is 0 Å². The fourth-order valence-corrected chi connectivity index (χ4v) is 2.11. The van der Waals surface area contributed by atoms with E-state index in [-0.39, 0.29) is 5.82 Å². The Balaban J connectivity index is 2.01. The first-order valence-electron chi connectivity index (χ1n) is 6.22. The van der Waals surface area contributed by atoms with E-state index in [0.29, 0.717) is 18.7 Å². The van der Waals surface area contributed by atoms with E-state index in [2.05, 4.69) is 38.3 Å². The van der Waals surface area contributed by atoms with Crippen LogP contribution < -0.4 is 5.32 Å². The van der Waals surface area contributed by atoms with Gasteiger partial charge < -0.3 is 5.32 Å². The number of rotatable bonds is 6. The van der Waals surface area contributed by atoms with Gasteiger partial charge in [0.1, 0.15) is 12.1 Å². The van der Waals surface area contributed by atoms with E-state index in [1.165, 1.54) is 6.07 Å². The molecule has 0 spiro atoms. The van der Waals surface area contributed by atoms with Gasteiger partial charge in [-0.2, -0.15) is 5.10 Å². The van der Waals surface area contributed by atoms with Crippen molar-refractivity contribution in [2.75, 3.05) is 6.54 Å². The van der Waals surface area contributed by atoms with Gasteiger partial charge in [-0.1, -0.05) is 22.9 Å². The Morgan fingerprint density at radius 3 is 3.05 bits per heavy atom. The van der Waals surface area contributed by atoms with Crippen LogP contribution in [0.4, 0.5) is 4.39 Å². The summed E-state index contributed by atoms with van der Waals surface area (Å²) >= 11 is 3.34. The molecule has 0 bridgehead atoms. The maximum absolute atomic E-state index is 13.6. The van der Waals surface area contributed by atoms with Gasteiger partial charge in [0.25, 0.3) is 0 Å². The molecule has 0 aliphatic rings. The Labute approximate surface area is 120 Å². The highest BCUT2D eigenvalue weighted by atomic mass is 79.9. The molecule has 0 aliphatic heterocycles. The van der Waals surface area contributed by atoms with Crippen molar-refractivity contribution >= 4 is 15.9 Å². The standard InChI is InChI=1S/C13H16BrFN4/c1-2-5-16-7-13-17-9-19(18-13)8-10-6-11(14)3-4-12(10)15/h3-4,6,9,16H,2,5,7-8H2,1H3. The van der Waals surface area contributed by atoms with E-state index in [9.17, 15) is 4.39 Å². The van der Waals surface area contributed by atoms with Crippen molar-refractivity contribution in [1.82, 2.24) is 20.1 Å². The summed E-state index contributed by atoms with van der Waals surface area (Å²) < 4.78 is 16.1. The van der Waals surface area contributed by atoms with Gasteiger partial charge in [-0.3, -0.25) is 0 Å². The Morgan fingerprint density at radius 1 is 1.42 bits per heavy atom. The number of aromatic nitrogens is 3. The number of halogens is 2. The summed E-state index contributed by atoms with van der Waals surface area (Å²) in [6.07, 6.45) is 2.70. The molecule has 2 rings (SSSR count). The molecule has 1 aromatic carbocycles. The van der Waals surface area contributed by atoms with Gasteiger partial charge in [0, 0.05) is 10.0 Å². The molecule has 1 aromatic heterocycles. The van der Waals surface area contributed by atoms with Crippen LogP contribution in [-0.2, 0) is 13.1 Å². The first-order chi connectivity index (χ1) is 9.19. The Morgan fingerprint density at radius 2 is 2.26 bits per heavy atom. The largest absolute Gasteiger partial charge is 0.310 e. The van der Waals surface area contributed by atoms with Crippen molar-refractivity contribution in [3.63, 3.8) is 0 Å². The zero-order valence-electron chi connectivity index (χ0n) is 10.7. The van der Waals surface area contributed by atoms with E-state index in [1.807, 2.05) is 0 Å². The second-order valence-corrected chi connectivity index (χ2v) is 5.19. The van der Waals surface area contributed by atoms with Gasteiger partial charge in [-0.05, 0) is 31.2 Å². The molecule has 1 heterocycles. The lowest BCUT2D eigenvalue weighted by Crippen LogP contribution is -2.15. The molecule has 0 saturated heterocycles. The molecule has 1 N–H and O–H groups in total. The number of benzene rings is 1. The summed E-state index contributed by atoms with van der Waals surface area (Å²) in [4.78, 5) is 4.19. The van der Waals surface area contributed by atoms with Crippen LogP contribution in [0.3, 0.4) is 0 Å². The van der Waals surface area contributed by atoms with Gasteiger partial charge in [0.15, 0.2) is 5.82 Å². The van der Waals surface area contributed by atoms with Gasteiger partial charge in [-0.25, -0.2) is 14.1 Å². The second-order valence-electron chi connectivity index (χ2n) is 4.27. The van der Waals surface area contributed by atoms with Crippen LogP contribution in [-0.4, -0.2) is 21.3 Å². The molecule has 0 saturated carbocycles. The summed E-state index contributed by atoms with van der Waals surface area (Å²) in [5, 5.41) is 7.54. The Bertz CT molecular complexity index is 541. The number of nitrogens with one attached hydrogen (secondary N) is 1. The van der Waals surface area contributed by atoms with Gasteiger partial charge >= 0.3 is 0 Å². The van der Waals surface area contributed by atoms with E-state index in [0.717, 1.165) is 23.3 Å². The Kier molecular flexibility index (Phi) is 5.04. The minimum atomic E-state index is -0.232. The predicted octanol–water partition coefficient (Wildman–Crippen LogP) is 2.73. The van der Waals surface area contributed by atoms with Crippen LogP contribution in [0.5, 0.6) is 0 Å². The van der Waals surface area contributed by atoms with Crippen molar-refractivity contribution in [2.24, 2.45) is 0 Å². The maximum atomic E-state index is 13.6. The second kappa shape index (κ2) is 6.77. The SMILES string of the molecule is CCCNCc1ncn(Cc2cc(Br)ccc2F)n1. The lowest BCUT2D eigenvalue weighted by atomic mass is 10.2. The summed E-state index contributed by atoms with van der Waals surface area (Å²) in [5.74, 6) is 0.494. The molecule has 0 radical (unpaired) electrons. The van der Waals surface area contributed by atoms with Gasteiger partial charge in [0.2, 0.25) is 0 Å². The monoisotopic (exact) mass is 326 g/mol. The van der Waals surface area contributed by atoms with Crippen LogP contribution in [0.1, 0.15) is 24.7 Å². The smallest absolute Gasteiger partial charge is 0.164 e. The number of hydrogen-bond donors (Lipinski definition) is 1. The van der Waals surface area contributed by atoms with Crippen molar-refractivity contribution in [3.8, 4) is 0 Å². The van der Waals surface area contributed by atoms with Crippen LogP contribution in [0, 0.1) is 5.82 Å². The lowest BCUT2D eigenvalue weighted by Gasteiger charge is -2.03. The zero-order valence-corrected chi connectivity index (χ0v) is 12.3. The minimum Gasteiger partial charge on any atom is -0.310 e. The van der Waals surface area contributed by atoms with Crippen LogP contribution >= 0.6 is 15.9 Å². The summed E-state index contributed by atoms with van der Waals surface area (Å²) in [7, 11) is 0. The fraction of sp³-hybridized carbons (Fsp3) is 0.385. The normalized spacial score (nSPS) is 10.9. The molecule has 0 unspecified atom stereocenters. The van der Waals surface area contributed by atoms with E-state index in [4.69, 9.17) is 0 Å².